The Morgan fingerprint density at radius 2 is 0.940 bits per heavy atom. The van der Waals surface area contributed by atoms with Crippen LogP contribution in [0.1, 0.15) is 49.7 Å². The summed E-state index contributed by atoms with van der Waals surface area (Å²) in [6.07, 6.45) is 9.39. The highest BCUT2D eigenvalue weighted by Gasteiger charge is 2.25. The van der Waals surface area contributed by atoms with Crippen LogP contribution >= 0.6 is 23.5 Å². The van der Waals surface area contributed by atoms with Crippen molar-refractivity contribution in [2.45, 2.75) is 58.1 Å². The molecule has 0 saturated heterocycles. The van der Waals surface area contributed by atoms with Crippen molar-refractivity contribution in [3.63, 3.8) is 0 Å². The Balaban J connectivity index is 1.04. The number of carboxylic acids is 2. The van der Waals surface area contributed by atoms with Crippen molar-refractivity contribution in [3.05, 3.63) is 107 Å². The molecule has 2 aliphatic rings. The molecule has 0 radical (unpaired) electrons. The summed E-state index contributed by atoms with van der Waals surface area (Å²) < 4.78 is 0. The van der Waals surface area contributed by atoms with E-state index in [1.807, 2.05) is 48.5 Å². The minimum Gasteiger partial charge on any atom is -0.477 e. The van der Waals surface area contributed by atoms with E-state index < -0.39 is 11.9 Å². The lowest BCUT2D eigenvalue weighted by Crippen LogP contribution is -2.22. The molecule has 6 rings (SSSR count). The molecule has 0 spiro atoms. The number of carboxylic acid groups (broad SMARTS) is 2. The SMILES string of the molecule is N#C/C(=C/c1ccc2c(c1)Sc1ccccc1N2CCCCCCCCN1c2ccccc2Sc2cc(/C=C(/C#N)C(=O)O)ccc21)C(=O)O. The van der Waals surface area contributed by atoms with Gasteiger partial charge in [0.1, 0.15) is 23.3 Å². The predicted octanol–water partition coefficient (Wildman–Crippen LogP) is 9.92. The predicted molar refractivity (Wildman–Crippen MR) is 198 cm³/mol. The Labute approximate surface area is 300 Å². The number of anilines is 4. The number of benzene rings is 4. The molecule has 2 N–H and O–H groups in total. The van der Waals surface area contributed by atoms with Gasteiger partial charge in [-0.05, 0) is 84.7 Å². The van der Waals surface area contributed by atoms with Crippen LogP contribution in [0.2, 0.25) is 0 Å². The average Bonchev–Trinajstić information content (AvgIpc) is 3.12. The van der Waals surface area contributed by atoms with Crippen molar-refractivity contribution in [2.24, 2.45) is 0 Å². The van der Waals surface area contributed by atoms with Crippen molar-refractivity contribution in [1.29, 1.82) is 10.5 Å². The van der Waals surface area contributed by atoms with E-state index in [1.165, 1.54) is 23.5 Å². The molecule has 4 aromatic carbocycles. The van der Waals surface area contributed by atoms with Crippen LogP contribution in [0.25, 0.3) is 12.2 Å². The minimum atomic E-state index is -1.23. The maximum Gasteiger partial charge on any atom is 0.346 e. The molecular weight excluding hydrogens is 665 g/mol. The van der Waals surface area contributed by atoms with Crippen LogP contribution in [0.5, 0.6) is 0 Å². The zero-order valence-corrected chi connectivity index (χ0v) is 28.8. The van der Waals surface area contributed by atoms with E-state index >= 15 is 0 Å². The number of para-hydroxylation sites is 2. The number of hydrogen-bond donors (Lipinski definition) is 2. The van der Waals surface area contributed by atoms with Crippen LogP contribution in [0.15, 0.2) is 116 Å². The lowest BCUT2D eigenvalue weighted by molar-refractivity contribution is -0.133. The number of nitrogens with zero attached hydrogens (tertiary/aromatic N) is 4. The molecule has 0 aliphatic carbocycles. The number of hydrogen-bond acceptors (Lipinski definition) is 8. The molecule has 0 saturated carbocycles. The normalized spacial score (nSPS) is 13.3. The maximum atomic E-state index is 11.4. The monoisotopic (exact) mass is 698 g/mol. The second-order valence-corrected chi connectivity index (χ2v) is 14.1. The summed E-state index contributed by atoms with van der Waals surface area (Å²) >= 11 is 3.32. The largest absolute Gasteiger partial charge is 0.477 e. The Hall–Kier alpha value is -5.42. The van der Waals surface area contributed by atoms with Crippen LogP contribution in [0.4, 0.5) is 22.7 Å². The summed E-state index contributed by atoms with van der Waals surface area (Å²) in [5.41, 5.74) is 5.34. The third-order valence-electron chi connectivity index (χ3n) is 8.64. The first-order chi connectivity index (χ1) is 24.4. The average molecular weight is 699 g/mol. The van der Waals surface area contributed by atoms with E-state index in [0.717, 1.165) is 82.6 Å². The van der Waals surface area contributed by atoms with Gasteiger partial charge in [-0.1, -0.05) is 85.6 Å². The van der Waals surface area contributed by atoms with Crippen molar-refractivity contribution >= 4 is 70.4 Å². The third-order valence-corrected chi connectivity index (χ3v) is 10.9. The van der Waals surface area contributed by atoms with Crippen LogP contribution in [-0.4, -0.2) is 35.2 Å². The number of nitriles is 2. The first kappa shape index (κ1) is 34.4. The maximum absolute atomic E-state index is 11.4. The summed E-state index contributed by atoms with van der Waals surface area (Å²) in [6, 6.07) is 31.9. The summed E-state index contributed by atoms with van der Waals surface area (Å²) in [7, 11) is 0. The van der Waals surface area contributed by atoms with Crippen LogP contribution in [0.3, 0.4) is 0 Å². The topological polar surface area (TPSA) is 129 Å². The summed E-state index contributed by atoms with van der Waals surface area (Å²) in [5, 5.41) is 37.0. The number of carbonyl (C=O) groups is 2. The van der Waals surface area contributed by atoms with Gasteiger partial charge < -0.3 is 20.0 Å². The van der Waals surface area contributed by atoms with Gasteiger partial charge in [0.25, 0.3) is 0 Å². The molecule has 0 amide bonds. The Morgan fingerprint density at radius 3 is 1.34 bits per heavy atom. The molecule has 10 heteroatoms. The zero-order chi connectivity index (χ0) is 35.0. The molecule has 0 aromatic heterocycles. The van der Waals surface area contributed by atoms with Crippen LogP contribution in [-0.2, 0) is 9.59 Å². The highest BCUT2D eigenvalue weighted by Crippen LogP contribution is 2.50. The zero-order valence-electron chi connectivity index (χ0n) is 27.2. The smallest absolute Gasteiger partial charge is 0.346 e. The molecule has 2 heterocycles. The second-order valence-electron chi connectivity index (χ2n) is 12.0. The molecular formula is C40H34N4O4S2. The molecule has 50 heavy (non-hydrogen) atoms. The first-order valence-corrected chi connectivity index (χ1v) is 18.1. The molecule has 0 fully saturated rings. The van der Waals surface area contributed by atoms with Crippen LogP contribution in [0, 0.1) is 22.7 Å². The first-order valence-electron chi connectivity index (χ1n) is 16.4. The minimum absolute atomic E-state index is 0.287. The molecule has 0 bridgehead atoms. The van der Waals surface area contributed by atoms with Gasteiger partial charge in [-0.15, -0.1) is 0 Å². The lowest BCUT2D eigenvalue weighted by atomic mass is 10.1. The van der Waals surface area contributed by atoms with Crippen molar-refractivity contribution in [1.82, 2.24) is 0 Å². The van der Waals surface area contributed by atoms with Gasteiger partial charge >= 0.3 is 11.9 Å². The van der Waals surface area contributed by atoms with Gasteiger partial charge in [-0.25, -0.2) is 9.59 Å². The van der Waals surface area contributed by atoms with E-state index in [1.54, 1.807) is 35.7 Å². The lowest BCUT2D eigenvalue weighted by Gasteiger charge is -2.33. The van der Waals surface area contributed by atoms with E-state index in [4.69, 9.17) is 0 Å². The van der Waals surface area contributed by atoms with E-state index in [2.05, 4.69) is 46.2 Å². The number of fused-ring (bicyclic) bond motifs is 4. The Bertz CT molecular complexity index is 1950. The van der Waals surface area contributed by atoms with Crippen molar-refractivity contribution in [3.8, 4) is 12.1 Å². The molecule has 2 aliphatic heterocycles. The fourth-order valence-corrected chi connectivity index (χ4v) is 8.51. The van der Waals surface area contributed by atoms with E-state index in [-0.39, 0.29) is 11.1 Å². The molecule has 4 aromatic rings. The summed E-state index contributed by atoms with van der Waals surface area (Å²) in [6.45, 7) is 1.74. The summed E-state index contributed by atoms with van der Waals surface area (Å²) in [5.74, 6) is -2.46. The van der Waals surface area contributed by atoms with Crippen molar-refractivity contribution < 1.29 is 19.8 Å². The van der Waals surface area contributed by atoms with Gasteiger partial charge in [0.15, 0.2) is 0 Å². The molecule has 8 nitrogen and oxygen atoms in total. The quantitative estimate of drug-likeness (QED) is 0.0791. The van der Waals surface area contributed by atoms with E-state index in [9.17, 15) is 30.3 Å². The van der Waals surface area contributed by atoms with Crippen LogP contribution < -0.4 is 9.80 Å². The second kappa shape index (κ2) is 15.9. The molecule has 250 valence electrons. The van der Waals surface area contributed by atoms with Gasteiger partial charge in [0.05, 0.1) is 22.7 Å². The standard InChI is InChI=1S/C40H34N4O4S2/c41-25-29(39(45)46)21-27-15-17-33-37(23-27)49-35-13-7-5-11-31(35)43(33)19-9-3-1-2-4-10-20-44-32-12-6-8-14-36(32)50-38-24-28(16-18-34(38)44)22-30(26-42)40(47)48/h5-8,11-18,21-24H,1-4,9-10,19-20H2,(H,45,46)(H,47,48)/b29-21-,30-22-. The fourth-order valence-electron chi connectivity index (χ4n) is 6.23. The van der Waals surface area contributed by atoms with Gasteiger partial charge in [0, 0.05) is 32.7 Å². The third kappa shape index (κ3) is 7.73. The highest BCUT2D eigenvalue weighted by atomic mass is 32.2. The number of unbranched alkanes of at least 4 members (excludes halogenated alkanes) is 5. The molecule has 0 atom stereocenters. The number of aliphatic carboxylic acids is 2. The Kier molecular flexibility index (Phi) is 10.9. The molecule has 0 unspecified atom stereocenters. The van der Waals surface area contributed by atoms with Gasteiger partial charge in [-0.3, -0.25) is 0 Å². The highest BCUT2D eigenvalue weighted by molar-refractivity contribution is 8.00. The Morgan fingerprint density at radius 1 is 0.560 bits per heavy atom. The van der Waals surface area contributed by atoms with E-state index in [0.29, 0.717) is 11.1 Å². The summed E-state index contributed by atoms with van der Waals surface area (Å²) in [4.78, 5) is 31.8. The fraction of sp³-hybridized carbons (Fsp3) is 0.200. The van der Waals surface area contributed by atoms with Gasteiger partial charge in [-0.2, -0.15) is 10.5 Å². The van der Waals surface area contributed by atoms with Gasteiger partial charge in [0.2, 0.25) is 0 Å². The van der Waals surface area contributed by atoms with Crippen molar-refractivity contribution in [2.75, 3.05) is 22.9 Å². The number of rotatable bonds is 13.